The third-order valence-corrected chi connectivity index (χ3v) is 6.46. The van der Waals surface area contributed by atoms with E-state index in [9.17, 15) is 4.79 Å². The first kappa shape index (κ1) is 21.5. The van der Waals surface area contributed by atoms with E-state index in [1.807, 2.05) is 36.7 Å². The first-order chi connectivity index (χ1) is 16.2. The molecule has 8 heteroatoms. The predicted molar refractivity (Wildman–Crippen MR) is 123 cm³/mol. The molecule has 3 heterocycles. The van der Waals surface area contributed by atoms with E-state index in [4.69, 9.17) is 14.9 Å². The Morgan fingerprint density at radius 2 is 2.00 bits per heavy atom. The standard InChI is InChI=1S/C25H27N5O3/c31-25(29-32)19-4-3-18-2-1-17(13-21(18)15-19)14-23-26-8-7-22(28-23)20-5-6-24(27-16-20)30-9-11-33-12-10-30/h3-8,15-17,32H,1-2,9-14H2,(H,29,31). The van der Waals surface area contributed by atoms with Crippen molar-refractivity contribution in [3.05, 3.63) is 71.3 Å². The van der Waals surface area contributed by atoms with Crippen LogP contribution in [0.25, 0.3) is 11.3 Å². The Labute approximate surface area is 192 Å². The number of nitrogens with one attached hydrogen (secondary N) is 1. The number of morpholine rings is 1. The zero-order valence-electron chi connectivity index (χ0n) is 18.4. The van der Waals surface area contributed by atoms with Crippen molar-refractivity contribution in [1.29, 1.82) is 0 Å². The lowest BCUT2D eigenvalue weighted by molar-refractivity contribution is 0.0706. The molecule has 1 amide bonds. The average molecular weight is 446 g/mol. The molecule has 0 radical (unpaired) electrons. The number of carbonyl (C=O) groups is 1. The van der Waals surface area contributed by atoms with Crippen molar-refractivity contribution in [2.45, 2.75) is 25.7 Å². The number of amides is 1. The van der Waals surface area contributed by atoms with Crippen molar-refractivity contribution < 1.29 is 14.7 Å². The summed E-state index contributed by atoms with van der Waals surface area (Å²) >= 11 is 0. The van der Waals surface area contributed by atoms with Crippen molar-refractivity contribution in [3.8, 4) is 11.3 Å². The first-order valence-electron chi connectivity index (χ1n) is 11.4. The summed E-state index contributed by atoms with van der Waals surface area (Å²) in [4.78, 5) is 28.0. The molecule has 8 nitrogen and oxygen atoms in total. The lowest BCUT2D eigenvalue weighted by Crippen LogP contribution is -2.36. The van der Waals surface area contributed by atoms with E-state index in [1.165, 1.54) is 5.56 Å². The van der Waals surface area contributed by atoms with Gasteiger partial charge in [0.1, 0.15) is 11.6 Å². The minimum Gasteiger partial charge on any atom is -0.378 e. The lowest BCUT2D eigenvalue weighted by atomic mass is 9.81. The Hall–Kier alpha value is -3.36. The number of hydroxylamine groups is 1. The summed E-state index contributed by atoms with van der Waals surface area (Å²) in [5.41, 5.74) is 6.46. The van der Waals surface area contributed by atoms with Crippen LogP contribution in [-0.2, 0) is 24.0 Å². The lowest BCUT2D eigenvalue weighted by Gasteiger charge is -2.27. The maximum Gasteiger partial charge on any atom is 0.274 e. The van der Waals surface area contributed by atoms with E-state index in [0.717, 1.165) is 80.4 Å². The third kappa shape index (κ3) is 4.86. The van der Waals surface area contributed by atoms with E-state index in [1.54, 1.807) is 11.5 Å². The highest BCUT2D eigenvalue weighted by Crippen LogP contribution is 2.29. The normalized spacial score (nSPS) is 18.0. The zero-order chi connectivity index (χ0) is 22.6. The number of rotatable bonds is 5. The van der Waals surface area contributed by atoms with Gasteiger partial charge >= 0.3 is 0 Å². The van der Waals surface area contributed by atoms with Gasteiger partial charge in [0, 0.05) is 43.0 Å². The van der Waals surface area contributed by atoms with E-state index >= 15 is 0 Å². The van der Waals surface area contributed by atoms with Crippen LogP contribution in [0.15, 0.2) is 48.8 Å². The molecule has 1 unspecified atom stereocenters. The molecule has 0 spiro atoms. The first-order valence-corrected chi connectivity index (χ1v) is 11.4. The van der Waals surface area contributed by atoms with Gasteiger partial charge in [0.05, 0.1) is 18.9 Å². The molecule has 1 saturated heterocycles. The van der Waals surface area contributed by atoms with Gasteiger partial charge in [-0.25, -0.2) is 20.4 Å². The molecule has 33 heavy (non-hydrogen) atoms. The van der Waals surface area contributed by atoms with Crippen LogP contribution in [0.5, 0.6) is 0 Å². The number of anilines is 1. The summed E-state index contributed by atoms with van der Waals surface area (Å²) in [5.74, 6) is 1.71. The van der Waals surface area contributed by atoms with E-state index in [2.05, 4.69) is 20.9 Å². The number of fused-ring (bicyclic) bond motifs is 1. The van der Waals surface area contributed by atoms with Crippen LogP contribution in [0.4, 0.5) is 5.82 Å². The molecule has 0 bridgehead atoms. The van der Waals surface area contributed by atoms with Crippen LogP contribution >= 0.6 is 0 Å². The fraction of sp³-hybridized carbons (Fsp3) is 0.360. The molecule has 1 aliphatic heterocycles. The summed E-state index contributed by atoms with van der Waals surface area (Å²) in [5, 5.41) is 8.91. The highest BCUT2D eigenvalue weighted by atomic mass is 16.5. The summed E-state index contributed by atoms with van der Waals surface area (Å²) in [7, 11) is 0. The topological polar surface area (TPSA) is 100 Å². The number of ether oxygens (including phenoxy) is 1. The van der Waals surface area contributed by atoms with Gasteiger partial charge in [-0.1, -0.05) is 6.07 Å². The van der Waals surface area contributed by atoms with E-state index < -0.39 is 5.91 Å². The van der Waals surface area contributed by atoms with Gasteiger partial charge in [-0.15, -0.1) is 0 Å². The summed E-state index contributed by atoms with van der Waals surface area (Å²) in [6, 6.07) is 11.7. The van der Waals surface area contributed by atoms with Gasteiger partial charge in [0.15, 0.2) is 0 Å². The Balaban J connectivity index is 1.28. The molecule has 2 aromatic heterocycles. The fourth-order valence-corrected chi connectivity index (χ4v) is 4.65. The fourth-order valence-electron chi connectivity index (χ4n) is 4.65. The van der Waals surface area contributed by atoms with Crippen molar-refractivity contribution >= 4 is 11.7 Å². The number of nitrogens with zero attached hydrogens (tertiary/aromatic N) is 4. The predicted octanol–water partition coefficient (Wildman–Crippen LogP) is 2.84. The quantitative estimate of drug-likeness (QED) is 0.460. The summed E-state index contributed by atoms with van der Waals surface area (Å²) in [6.45, 7) is 3.20. The molecule has 2 N–H and O–H groups in total. The van der Waals surface area contributed by atoms with Crippen LogP contribution in [0, 0.1) is 5.92 Å². The number of benzene rings is 1. The average Bonchev–Trinajstić information content (AvgIpc) is 2.88. The van der Waals surface area contributed by atoms with Gasteiger partial charge < -0.3 is 9.64 Å². The second-order valence-electron chi connectivity index (χ2n) is 8.60. The Morgan fingerprint density at radius 1 is 1.12 bits per heavy atom. The van der Waals surface area contributed by atoms with Gasteiger partial charge in [-0.05, 0) is 66.6 Å². The van der Waals surface area contributed by atoms with Crippen molar-refractivity contribution in [1.82, 2.24) is 20.4 Å². The van der Waals surface area contributed by atoms with Crippen LogP contribution < -0.4 is 10.4 Å². The number of pyridine rings is 1. The van der Waals surface area contributed by atoms with Crippen molar-refractivity contribution in [3.63, 3.8) is 0 Å². The largest absolute Gasteiger partial charge is 0.378 e. The molecule has 3 aromatic rings. The van der Waals surface area contributed by atoms with E-state index in [0.29, 0.717) is 11.5 Å². The molecule has 1 fully saturated rings. The van der Waals surface area contributed by atoms with Crippen LogP contribution in [-0.4, -0.2) is 52.4 Å². The number of hydrogen-bond acceptors (Lipinski definition) is 7. The second kappa shape index (κ2) is 9.64. The van der Waals surface area contributed by atoms with Gasteiger partial charge in [-0.3, -0.25) is 10.0 Å². The SMILES string of the molecule is O=C(NO)c1ccc2c(c1)CC(Cc1nccc(-c3ccc(N4CCOCC4)nc3)n1)CC2. The molecule has 1 aromatic carbocycles. The number of aryl methyl sites for hydroxylation is 1. The smallest absolute Gasteiger partial charge is 0.274 e. The minimum absolute atomic E-state index is 0.405. The molecule has 1 aliphatic carbocycles. The Kier molecular flexibility index (Phi) is 6.28. The van der Waals surface area contributed by atoms with Crippen LogP contribution in [0.3, 0.4) is 0 Å². The summed E-state index contributed by atoms with van der Waals surface area (Å²) in [6.07, 6.45) is 7.36. The zero-order valence-corrected chi connectivity index (χ0v) is 18.4. The molecule has 170 valence electrons. The monoisotopic (exact) mass is 445 g/mol. The highest BCUT2D eigenvalue weighted by Gasteiger charge is 2.21. The molecular formula is C25H27N5O3. The molecule has 5 rings (SSSR count). The number of aromatic nitrogens is 3. The molecule has 1 atom stereocenters. The Morgan fingerprint density at radius 3 is 2.79 bits per heavy atom. The van der Waals surface area contributed by atoms with Gasteiger partial charge in [-0.2, -0.15) is 0 Å². The maximum absolute atomic E-state index is 11.8. The molecular weight excluding hydrogens is 418 g/mol. The molecule has 0 saturated carbocycles. The highest BCUT2D eigenvalue weighted by molar-refractivity contribution is 5.93. The second-order valence-corrected chi connectivity index (χ2v) is 8.60. The minimum atomic E-state index is -0.482. The van der Waals surface area contributed by atoms with Gasteiger partial charge in [0.2, 0.25) is 0 Å². The summed E-state index contributed by atoms with van der Waals surface area (Å²) < 4.78 is 5.42. The number of carbonyl (C=O) groups excluding carboxylic acids is 1. The number of hydrogen-bond donors (Lipinski definition) is 2. The van der Waals surface area contributed by atoms with Crippen LogP contribution in [0.2, 0.25) is 0 Å². The molecule has 2 aliphatic rings. The van der Waals surface area contributed by atoms with Crippen LogP contribution in [0.1, 0.15) is 33.7 Å². The van der Waals surface area contributed by atoms with E-state index in [-0.39, 0.29) is 0 Å². The Bertz CT molecular complexity index is 1130. The van der Waals surface area contributed by atoms with Crippen molar-refractivity contribution in [2.24, 2.45) is 5.92 Å². The maximum atomic E-state index is 11.8. The van der Waals surface area contributed by atoms with Gasteiger partial charge in [0.25, 0.3) is 5.91 Å². The third-order valence-electron chi connectivity index (χ3n) is 6.46. The van der Waals surface area contributed by atoms with Crippen molar-refractivity contribution in [2.75, 3.05) is 31.2 Å².